The van der Waals surface area contributed by atoms with E-state index in [-0.39, 0.29) is 5.91 Å². The van der Waals surface area contributed by atoms with Gasteiger partial charge in [0.1, 0.15) is 10.3 Å². The lowest BCUT2D eigenvalue weighted by atomic mass is 10.2. The molecule has 0 aliphatic carbocycles. The SMILES string of the molecule is CCC1C(=O)NCCN1S(=O)(=O)c1ccc(C)s1. The molecule has 100 valence electrons. The molecule has 1 saturated heterocycles. The van der Waals surface area contributed by atoms with Crippen LogP contribution >= 0.6 is 11.3 Å². The molecular formula is C11H16N2O3S2. The molecule has 0 aromatic carbocycles. The van der Waals surface area contributed by atoms with Gasteiger partial charge in [-0.25, -0.2) is 8.42 Å². The Morgan fingerprint density at radius 2 is 2.22 bits per heavy atom. The number of carbonyl (C=O) groups excluding carboxylic acids is 1. The first-order valence-electron chi connectivity index (χ1n) is 5.83. The van der Waals surface area contributed by atoms with Crippen LogP contribution in [0.1, 0.15) is 18.2 Å². The number of sulfonamides is 1. The molecule has 0 radical (unpaired) electrons. The van der Waals surface area contributed by atoms with E-state index in [4.69, 9.17) is 0 Å². The number of thiophene rings is 1. The van der Waals surface area contributed by atoms with Crippen molar-refractivity contribution in [1.82, 2.24) is 9.62 Å². The Balaban J connectivity index is 2.37. The van der Waals surface area contributed by atoms with Crippen LogP contribution in [0.25, 0.3) is 0 Å². The number of carbonyl (C=O) groups is 1. The summed E-state index contributed by atoms with van der Waals surface area (Å²) in [6.07, 6.45) is 0.482. The molecule has 1 atom stereocenters. The van der Waals surface area contributed by atoms with E-state index in [1.165, 1.54) is 15.6 Å². The minimum absolute atomic E-state index is 0.208. The second-order valence-corrected chi connectivity index (χ2v) is 7.60. The third-order valence-corrected chi connectivity index (χ3v) is 6.32. The highest BCUT2D eigenvalue weighted by molar-refractivity contribution is 7.91. The second-order valence-electron chi connectivity index (χ2n) is 4.20. The molecule has 2 rings (SSSR count). The smallest absolute Gasteiger partial charge is 0.253 e. The summed E-state index contributed by atoms with van der Waals surface area (Å²) < 4.78 is 26.6. The number of hydrogen-bond acceptors (Lipinski definition) is 4. The normalized spacial score (nSPS) is 21.9. The van der Waals surface area contributed by atoms with Crippen LogP contribution in [0.4, 0.5) is 0 Å². The Morgan fingerprint density at radius 3 is 2.78 bits per heavy atom. The van der Waals surface area contributed by atoms with Crippen molar-refractivity contribution in [2.24, 2.45) is 0 Å². The predicted molar refractivity (Wildman–Crippen MR) is 70.0 cm³/mol. The minimum Gasteiger partial charge on any atom is -0.353 e. The van der Waals surface area contributed by atoms with E-state index in [1.807, 2.05) is 13.8 Å². The Labute approximate surface area is 111 Å². The first-order valence-corrected chi connectivity index (χ1v) is 8.08. The van der Waals surface area contributed by atoms with Crippen LogP contribution in [-0.2, 0) is 14.8 Å². The Bertz CT molecular complexity index is 550. The molecule has 18 heavy (non-hydrogen) atoms. The highest BCUT2D eigenvalue weighted by Gasteiger charge is 2.37. The first kappa shape index (κ1) is 13.5. The van der Waals surface area contributed by atoms with Crippen LogP contribution in [0.15, 0.2) is 16.3 Å². The maximum atomic E-state index is 12.5. The summed E-state index contributed by atoms with van der Waals surface area (Å²) in [6.45, 7) is 4.39. The second kappa shape index (κ2) is 4.99. The predicted octanol–water partition coefficient (Wildman–Crippen LogP) is 0.956. The standard InChI is InChI=1S/C11H16N2O3S2/c1-3-9-11(14)12-6-7-13(9)18(15,16)10-5-4-8(2)17-10/h4-5,9H,3,6-7H2,1-2H3,(H,12,14). The zero-order valence-electron chi connectivity index (χ0n) is 10.3. The number of rotatable bonds is 3. The number of amides is 1. The van der Waals surface area contributed by atoms with E-state index in [1.54, 1.807) is 12.1 Å². The average molecular weight is 288 g/mol. The fourth-order valence-electron chi connectivity index (χ4n) is 2.04. The molecule has 1 fully saturated rings. The van der Waals surface area contributed by atoms with Crippen LogP contribution in [0.3, 0.4) is 0 Å². The quantitative estimate of drug-likeness (QED) is 0.900. The molecule has 1 aliphatic heterocycles. The largest absolute Gasteiger partial charge is 0.353 e. The van der Waals surface area contributed by atoms with Gasteiger partial charge < -0.3 is 5.32 Å². The van der Waals surface area contributed by atoms with Crippen molar-refractivity contribution in [3.05, 3.63) is 17.0 Å². The summed E-state index contributed by atoms with van der Waals surface area (Å²) in [6, 6.07) is 2.79. The van der Waals surface area contributed by atoms with Gasteiger partial charge in [-0.2, -0.15) is 4.31 Å². The van der Waals surface area contributed by atoms with Gasteiger partial charge in [-0.1, -0.05) is 6.92 Å². The van der Waals surface area contributed by atoms with Crippen LogP contribution in [0.2, 0.25) is 0 Å². The van der Waals surface area contributed by atoms with Crippen molar-refractivity contribution < 1.29 is 13.2 Å². The zero-order valence-corrected chi connectivity index (χ0v) is 12.0. The summed E-state index contributed by atoms with van der Waals surface area (Å²) >= 11 is 1.24. The molecule has 1 aliphatic rings. The van der Waals surface area contributed by atoms with Crippen molar-refractivity contribution in [2.45, 2.75) is 30.5 Å². The first-order chi connectivity index (χ1) is 8.46. The monoisotopic (exact) mass is 288 g/mol. The number of piperazine rings is 1. The molecule has 5 nitrogen and oxygen atoms in total. The Morgan fingerprint density at radius 1 is 1.50 bits per heavy atom. The Kier molecular flexibility index (Phi) is 3.74. The molecule has 7 heteroatoms. The molecule has 1 N–H and O–H groups in total. The van der Waals surface area contributed by atoms with Gasteiger partial charge in [-0.3, -0.25) is 4.79 Å². The minimum atomic E-state index is -3.54. The van der Waals surface area contributed by atoms with E-state index in [9.17, 15) is 13.2 Å². The summed E-state index contributed by atoms with van der Waals surface area (Å²) in [5.74, 6) is -0.208. The lowest BCUT2D eigenvalue weighted by Gasteiger charge is -2.32. The third-order valence-electron chi connectivity index (χ3n) is 2.95. The fraction of sp³-hybridized carbons (Fsp3) is 0.545. The van der Waals surface area contributed by atoms with Gasteiger partial charge in [-0.05, 0) is 25.5 Å². The van der Waals surface area contributed by atoms with Crippen molar-refractivity contribution in [3.8, 4) is 0 Å². The van der Waals surface area contributed by atoms with E-state index >= 15 is 0 Å². The molecule has 1 aromatic rings. The molecule has 0 saturated carbocycles. The lowest BCUT2D eigenvalue weighted by Crippen LogP contribution is -2.56. The van der Waals surface area contributed by atoms with E-state index in [2.05, 4.69) is 5.32 Å². The highest BCUT2D eigenvalue weighted by Crippen LogP contribution is 2.27. The third kappa shape index (κ3) is 2.30. The maximum Gasteiger partial charge on any atom is 0.253 e. The number of aryl methyl sites for hydroxylation is 1. The molecule has 1 aromatic heterocycles. The average Bonchev–Trinajstić information content (AvgIpc) is 2.76. The summed E-state index contributed by atoms with van der Waals surface area (Å²) in [7, 11) is -3.54. The number of nitrogens with zero attached hydrogens (tertiary/aromatic N) is 1. The number of nitrogens with one attached hydrogen (secondary N) is 1. The van der Waals surface area contributed by atoms with Gasteiger partial charge >= 0.3 is 0 Å². The number of hydrogen-bond donors (Lipinski definition) is 1. The van der Waals surface area contributed by atoms with Gasteiger partial charge in [-0.15, -0.1) is 11.3 Å². The zero-order chi connectivity index (χ0) is 13.3. The van der Waals surface area contributed by atoms with Gasteiger partial charge in [0.15, 0.2) is 0 Å². The fourth-order valence-corrected chi connectivity index (χ4v) is 5.11. The summed E-state index contributed by atoms with van der Waals surface area (Å²) in [4.78, 5) is 12.7. The lowest BCUT2D eigenvalue weighted by molar-refractivity contribution is -0.126. The summed E-state index contributed by atoms with van der Waals surface area (Å²) in [5.41, 5.74) is 0. The van der Waals surface area contributed by atoms with Crippen molar-refractivity contribution >= 4 is 27.3 Å². The van der Waals surface area contributed by atoms with E-state index in [0.717, 1.165) is 4.88 Å². The van der Waals surface area contributed by atoms with Gasteiger partial charge in [0.2, 0.25) is 5.91 Å². The van der Waals surface area contributed by atoms with Crippen LogP contribution in [0, 0.1) is 6.92 Å². The molecule has 1 unspecified atom stereocenters. The van der Waals surface area contributed by atoms with Crippen molar-refractivity contribution in [1.29, 1.82) is 0 Å². The van der Waals surface area contributed by atoms with Crippen LogP contribution in [0.5, 0.6) is 0 Å². The van der Waals surface area contributed by atoms with Crippen molar-refractivity contribution in [3.63, 3.8) is 0 Å². The topological polar surface area (TPSA) is 66.5 Å². The van der Waals surface area contributed by atoms with Crippen molar-refractivity contribution in [2.75, 3.05) is 13.1 Å². The maximum absolute atomic E-state index is 12.5. The van der Waals surface area contributed by atoms with Gasteiger partial charge in [0, 0.05) is 18.0 Å². The molecular weight excluding hydrogens is 272 g/mol. The Hall–Kier alpha value is -0.920. The van der Waals surface area contributed by atoms with Gasteiger partial charge in [0.05, 0.1) is 0 Å². The molecule has 1 amide bonds. The summed E-state index contributed by atoms with van der Waals surface area (Å²) in [5, 5.41) is 2.70. The van der Waals surface area contributed by atoms with E-state index < -0.39 is 16.1 Å². The van der Waals surface area contributed by atoms with Gasteiger partial charge in [0.25, 0.3) is 10.0 Å². The molecule has 0 spiro atoms. The molecule has 2 heterocycles. The van der Waals surface area contributed by atoms with Crippen LogP contribution in [-0.4, -0.2) is 37.8 Å². The van der Waals surface area contributed by atoms with E-state index in [0.29, 0.717) is 23.7 Å². The highest BCUT2D eigenvalue weighted by atomic mass is 32.2. The van der Waals surface area contributed by atoms with Crippen LogP contribution < -0.4 is 5.32 Å². The molecule has 0 bridgehead atoms.